The highest BCUT2D eigenvalue weighted by Crippen LogP contribution is 2.26. The molecular weight excluding hydrogens is 394 g/mol. The van der Waals surface area contributed by atoms with Gasteiger partial charge in [0.05, 0.1) is 16.3 Å². The number of nitrogens with zero attached hydrogens (tertiary/aromatic N) is 3. The molecule has 0 radical (unpaired) electrons. The maximum absolute atomic E-state index is 13.3. The lowest BCUT2D eigenvalue weighted by molar-refractivity contribution is 0.273. The van der Waals surface area contributed by atoms with E-state index in [1.165, 1.54) is 15.6 Å². The highest BCUT2D eigenvalue weighted by molar-refractivity contribution is 7.89. The van der Waals surface area contributed by atoms with Crippen molar-refractivity contribution in [2.75, 3.05) is 0 Å². The summed E-state index contributed by atoms with van der Waals surface area (Å²) in [6.07, 6.45) is 0.676. The van der Waals surface area contributed by atoms with Crippen molar-refractivity contribution in [3.8, 4) is 10.7 Å². The Bertz CT molecular complexity index is 994. The van der Waals surface area contributed by atoms with E-state index >= 15 is 0 Å². The largest absolute Gasteiger partial charge is 0.337 e. The lowest BCUT2D eigenvalue weighted by atomic mass is 10.0. The second-order valence-electron chi connectivity index (χ2n) is 7.02. The number of hydrogen-bond acceptors (Lipinski definition) is 6. The highest BCUT2D eigenvalue weighted by Gasteiger charge is 2.30. The van der Waals surface area contributed by atoms with Crippen LogP contribution in [0.25, 0.3) is 10.7 Å². The van der Waals surface area contributed by atoms with Crippen molar-refractivity contribution in [1.82, 2.24) is 14.4 Å². The molecule has 0 spiro atoms. The normalized spacial score (nSPS) is 13.4. The van der Waals surface area contributed by atoms with Gasteiger partial charge in [0.2, 0.25) is 21.7 Å². The smallest absolute Gasteiger partial charge is 0.243 e. The Labute approximate surface area is 170 Å². The van der Waals surface area contributed by atoms with Gasteiger partial charge in [-0.15, -0.1) is 11.3 Å². The number of thiophene rings is 1. The fraction of sp³-hybridized carbons (Fsp3) is 0.400. The second kappa shape index (κ2) is 8.55. The summed E-state index contributed by atoms with van der Waals surface area (Å²) in [5.74, 6) is 1.11. The van der Waals surface area contributed by atoms with Gasteiger partial charge >= 0.3 is 0 Å². The summed E-state index contributed by atoms with van der Waals surface area (Å²) in [6.45, 7) is 8.05. The Kier molecular flexibility index (Phi) is 6.32. The van der Waals surface area contributed by atoms with Crippen molar-refractivity contribution in [1.29, 1.82) is 0 Å². The van der Waals surface area contributed by atoms with E-state index in [-0.39, 0.29) is 23.4 Å². The summed E-state index contributed by atoms with van der Waals surface area (Å²) >= 11 is 1.51. The maximum Gasteiger partial charge on any atom is 0.243 e. The summed E-state index contributed by atoms with van der Waals surface area (Å²) in [5.41, 5.74) is 1.10. The third kappa shape index (κ3) is 4.34. The Morgan fingerprint density at radius 3 is 2.43 bits per heavy atom. The van der Waals surface area contributed by atoms with Gasteiger partial charge in [-0.25, -0.2) is 8.42 Å². The van der Waals surface area contributed by atoms with Gasteiger partial charge in [0.25, 0.3) is 0 Å². The first-order valence-electron chi connectivity index (χ1n) is 9.31. The zero-order valence-electron chi connectivity index (χ0n) is 16.5. The molecule has 150 valence electrons. The molecule has 3 rings (SSSR count). The van der Waals surface area contributed by atoms with Gasteiger partial charge in [0.15, 0.2) is 0 Å². The standard InChI is InChI=1S/C20H25N3O3S2/c1-5-15(4)23(13-19-21-20(22-26-19)18-7-6-12-27-18)28(24,25)17-10-8-16(9-11-17)14(2)3/h6-12,14-15H,5,13H2,1-4H3/t15-/m1/s1. The molecule has 0 aliphatic carbocycles. The van der Waals surface area contributed by atoms with Gasteiger partial charge in [-0.3, -0.25) is 0 Å². The van der Waals surface area contributed by atoms with E-state index in [9.17, 15) is 8.42 Å². The molecule has 28 heavy (non-hydrogen) atoms. The number of aromatic nitrogens is 2. The van der Waals surface area contributed by atoms with Crippen LogP contribution in [-0.4, -0.2) is 28.9 Å². The molecule has 1 atom stereocenters. The first kappa shape index (κ1) is 20.7. The van der Waals surface area contributed by atoms with Crippen LogP contribution in [0.2, 0.25) is 0 Å². The van der Waals surface area contributed by atoms with Crippen LogP contribution in [0.5, 0.6) is 0 Å². The third-order valence-electron chi connectivity index (χ3n) is 4.74. The quantitative estimate of drug-likeness (QED) is 0.518. The van der Waals surface area contributed by atoms with E-state index in [0.29, 0.717) is 18.2 Å². The van der Waals surface area contributed by atoms with Crippen LogP contribution < -0.4 is 0 Å². The first-order chi connectivity index (χ1) is 13.3. The minimum atomic E-state index is -3.69. The molecule has 0 aliphatic heterocycles. The van der Waals surface area contributed by atoms with Gasteiger partial charge in [0.1, 0.15) is 0 Å². The van der Waals surface area contributed by atoms with Crippen LogP contribution in [-0.2, 0) is 16.6 Å². The molecule has 2 heterocycles. The molecule has 0 fully saturated rings. The van der Waals surface area contributed by atoms with Gasteiger partial charge in [0, 0.05) is 6.04 Å². The van der Waals surface area contributed by atoms with Gasteiger partial charge in [-0.1, -0.05) is 44.1 Å². The zero-order valence-corrected chi connectivity index (χ0v) is 18.1. The van der Waals surface area contributed by atoms with Crippen molar-refractivity contribution in [3.63, 3.8) is 0 Å². The summed E-state index contributed by atoms with van der Waals surface area (Å²) in [7, 11) is -3.69. The van der Waals surface area contributed by atoms with Gasteiger partial charge < -0.3 is 4.52 Å². The van der Waals surface area contributed by atoms with Crippen LogP contribution in [0, 0.1) is 0 Å². The van der Waals surface area contributed by atoms with Gasteiger partial charge in [-0.05, 0) is 48.4 Å². The number of hydrogen-bond donors (Lipinski definition) is 0. The minimum Gasteiger partial charge on any atom is -0.337 e. The molecule has 8 heteroatoms. The molecule has 0 unspecified atom stereocenters. The summed E-state index contributed by atoms with van der Waals surface area (Å²) < 4.78 is 33.4. The molecular formula is C20H25N3O3S2. The Balaban J connectivity index is 1.89. The van der Waals surface area contributed by atoms with Crippen LogP contribution in [0.3, 0.4) is 0 Å². The van der Waals surface area contributed by atoms with Gasteiger partial charge in [-0.2, -0.15) is 9.29 Å². The maximum atomic E-state index is 13.3. The van der Waals surface area contributed by atoms with E-state index in [1.54, 1.807) is 12.1 Å². The van der Waals surface area contributed by atoms with Crippen molar-refractivity contribution in [2.24, 2.45) is 0 Å². The molecule has 3 aromatic rings. The summed E-state index contributed by atoms with van der Waals surface area (Å²) in [6, 6.07) is 10.7. The molecule has 0 saturated carbocycles. The van der Waals surface area contributed by atoms with E-state index in [0.717, 1.165) is 10.4 Å². The Morgan fingerprint density at radius 2 is 1.86 bits per heavy atom. The predicted molar refractivity (Wildman–Crippen MR) is 111 cm³/mol. The fourth-order valence-electron chi connectivity index (χ4n) is 2.80. The molecule has 0 N–H and O–H groups in total. The van der Waals surface area contributed by atoms with E-state index in [4.69, 9.17) is 4.52 Å². The fourth-order valence-corrected chi connectivity index (χ4v) is 5.10. The average molecular weight is 420 g/mol. The average Bonchev–Trinajstić information content (AvgIpc) is 3.37. The lowest BCUT2D eigenvalue weighted by Crippen LogP contribution is -2.37. The monoisotopic (exact) mass is 419 g/mol. The summed E-state index contributed by atoms with van der Waals surface area (Å²) in [4.78, 5) is 5.54. The minimum absolute atomic E-state index is 0.0433. The molecule has 2 aromatic heterocycles. The lowest BCUT2D eigenvalue weighted by Gasteiger charge is -2.26. The van der Waals surface area contributed by atoms with Crippen LogP contribution in [0.1, 0.15) is 51.5 Å². The second-order valence-corrected chi connectivity index (χ2v) is 9.86. The number of sulfonamides is 1. The SMILES string of the molecule is CC[C@@H](C)N(Cc1nc(-c2cccs2)no1)S(=O)(=O)c1ccc(C(C)C)cc1. The van der Waals surface area contributed by atoms with Crippen LogP contribution in [0.15, 0.2) is 51.2 Å². The van der Waals surface area contributed by atoms with E-state index in [1.807, 2.05) is 43.5 Å². The predicted octanol–water partition coefficient (Wildman–Crippen LogP) is 4.91. The van der Waals surface area contributed by atoms with Crippen molar-refractivity contribution in [2.45, 2.75) is 57.5 Å². The first-order valence-corrected chi connectivity index (χ1v) is 11.6. The highest BCUT2D eigenvalue weighted by atomic mass is 32.2. The van der Waals surface area contributed by atoms with E-state index < -0.39 is 10.0 Å². The molecule has 0 bridgehead atoms. The molecule has 1 aromatic carbocycles. The Hall–Kier alpha value is -2.03. The number of benzene rings is 1. The summed E-state index contributed by atoms with van der Waals surface area (Å²) in [5, 5.41) is 5.92. The van der Waals surface area contributed by atoms with Crippen LogP contribution >= 0.6 is 11.3 Å². The zero-order chi connectivity index (χ0) is 20.3. The van der Waals surface area contributed by atoms with Crippen molar-refractivity contribution >= 4 is 21.4 Å². The van der Waals surface area contributed by atoms with E-state index in [2.05, 4.69) is 24.0 Å². The van der Waals surface area contributed by atoms with Crippen molar-refractivity contribution < 1.29 is 12.9 Å². The van der Waals surface area contributed by atoms with Crippen molar-refractivity contribution in [3.05, 3.63) is 53.2 Å². The number of rotatable bonds is 8. The van der Waals surface area contributed by atoms with Crippen LogP contribution in [0.4, 0.5) is 0 Å². The molecule has 0 aliphatic rings. The Morgan fingerprint density at radius 1 is 1.14 bits per heavy atom. The third-order valence-corrected chi connectivity index (χ3v) is 7.58. The topological polar surface area (TPSA) is 76.3 Å². The molecule has 6 nitrogen and oxygen atoms in total. The molecule has 0 amide bonds. The molecule has 0 saturated heterocycles.